The molecule has 0 amide bonds. The smallest absolute Gasteiger partial charge is 0.213 e. The molecule has 1 aliphatic rings. The summed E-state index contributed by atoms with van der Waals surface area (Å²) in [6.07, 6.45) is 2.40. The molecule has 1 heterocycles. The van der Waals surface area contributed by atoms with Gasteiger partial charge in [0.15, 0.2) is 0 Å². The fourth-order valence-corrected chi connectivity index (χ4v) is 4.88. The Balaban J connectivity index is 2.06. The predicted molar refractivity (Wildman–Crippen MR) is 81.6 cm³/mol. The molecule has 1 aliphatic heterocycles. The standard InChI is InChI=1S/C13H20N2O4S2/c1-20(16,17)14-13-8-5-9-15(10-13)21(18,19)11-12-6-3-2-4-7-12/h2-4,6-7,13-14H,5,8-11H2,1H3. The van der Waals surface area contributed by atoms with Gasteiger partial charge in [0.1, 0.15) is 0 Å². The zero-order valence-electron chi connectivity index (χ0n) is 11.9. The van der Waals surface area contributed by atoms with Crippen molar-refractivity contribution in [3.05, 3.63) is 35.9 Å². The number of piperidine rings is 1. The molecule has 0 aliphatic carbocycles. The molecule has 1 atom stereocenters. The molecule has 2 rings (SSSR count). The van der Waals surface area contributed by atoms with Crippen LogP contribution in [0.3, 0.4) is 0 Å². The van der Waals surface area contributed by atoms with Crippen LogP contribution in [0, 0.1) is 0 Å². The van der Waals surface area contributed by atoms with Gasteiger partial charge in [-0.1, -0.05) is 30.3 Å². The van der Waals surface area contributed by atoms with Gasteiger partial charge in [0.2, 0.25) is 20.0 Å². The second-order valence-electron chi connectivity index (χ2n) is 5.33. The molecule has 118 valence electrons. The summed E-state index contributed by atoms with van der Waals surface area (Å²) in [7, 11) is -6.75. The molecule has 0 saturated carbocycles. The molecule has 0 bridgehead atoms. The lowest BCUT2D eigenvalue weighted by Crippen LogP contribution is -2.49. The van der Waals surface area contributed by atoms with Gasteiger partial charge in [-0.25, -0.2) is 25.9 Å². The van der Waals surface area contributed by atoms with E-state index in [0.29, 0.717) is 19.4 Å². The summed E-state index contributed by atoms with van der Waals surface area (Å²) in [5, 5.41) is 0. The van der Waals surface area contributed by atoms with Crippen molar-refractivity contribution in [2.75, 3.05) is 19.3 Å². The van der Waals surface area contributed by atoms with Crippen LogP contribution in [-0.4, -0.2) is 46.5 Å². The van der Waals surface area contributed by atoms with E-state index in [4.69, 9.17) is 0 Å². The van der Waals surface area contributed by atoms with Gasteiger partial charge in [-0.15, -0.1) is 0 Å². The lowest BCUT2D eigenvalue weighted by atomic mass is 10.1. The third-order valence-corrected chi connectivity index (χ3v) is 5.93. The van der Waals surface area contributed by atoms with Gasteiger partial charge >= 0.3 is 0 Å². The molecular formula is C13H20N2O4S2. The van der Waals surface area contributed by atoms with E-state index in [1.807, 2.05) is 6.07 Å². The average Bonchev–Trinajstić information content (AvgIpc) is 2.37. The zero-order chi connectivity index (χ0) is 15.5. The van der Waals surface area contributed by atoms with Crippen molar-refractivity contribution in [3.8, 4) is 0 Å². The number of hydrogen-bond acceptors (Lipinski definition) is 4. The Morgan fingerprint density at radius 3 is 2.48 bits per heavy atom. The van der Waals surface area contributed by atoms with Crippen molar-refractivity contribution in [2.24, 2.45) is 0 Å². The Hall–Kier alpha value is -0.960. The van der Waals surface area contributed by atoms with E-state index in [1.165, 1.54) is 4.31 Å². The van der Waals surface area contributed by atoms with Gasteiger partial charge in [-0.05, 0) is 18.4 Å². The van der Waals surface area contributed by atoms with Crippen molar-refractivity contribution in [1.29, 1.82) is 0 Å². The summed E-state index contributed by atoms with van der Waals surface area (Å²) in [6.45, 7) is 0.638. The van der Waals surface area contributed by atoms with E-state index in [2.05, 4.69) is 4.72 Å². The largest absolute Gasteiger partial charge is 0.218 e. The van der Waals surface area contributed by atoms with Crippen LogP contribution in [0.15, 0.2) is 30.3 Å². The summed E-state index contributed by atoms with van der Waals surface area (Å²) in [5.74, 6) is -0.0561. The summed E-state index contributed by atoms with van der Waals surface area (Å²) in [5.41, 5.74) is 0.732. The third kappa shape index (κ3) is 5.06. The van der Waals surface area contributed by atoms with Crippen LogP contribution in [0.25, 0.3) is 0 Å². The molecule has 6 nitrogen and oxygen atoms in total. The number of sulfonamides is 2. The first-order chi connectivity index (χ1) is 9.76. The van der Waals surface area contributed by atoms with E-state index in [1.54, 1.807) is 24.3 Å². The fraction of sp³-hybridized carbons (Fsp3) is 0.538. The van der Waals surface area contributed by atoms with Crippen LogP contribution in [0.4, 0.5) is 0 Å². The van der Waals surface area contributed by atoms with Crippen LogP contribution in [0.5, 0.6) is 0 Å². The fourth-order valence-electron chi connectivity index (χ4n) is 2.47. The topological polar surface area (TPSA) is 83.6 Å². The maximum Gasteiger partial charge on any atom is 0.218 e. The van der Waals surface area contributed by atoms with Crippen molar-refractivity contribution in [3.63, 3.8) is 0 Å². The van der Waals surface area contributed by atoms with Gasteiger partial charge in [0.05, 0.1) is 12.0 Å². The molecule has 1 fully saturated rings. The molecule has 0 radical (unpaired) electrons. The van der Waals surface area contributed by atoms with E-state index in [9.17, 15) is 16.8 Å². The SMILES string of the molecule is CS(=O)(=O)NC1CCCN(S(=O)(=O)Cc2ccccc2)C1. The molecule has 0 aromatic heterocycles. The molecule has 8 heteroatoms. The molecule has 1 aromatic carbocycles. The van der Waals surface area contributed by atoms with Crippen LogP contribution >= 0.6 is 0 Å². The second-order valence-corrected chi connectivity index (χ2v) is 9.08. The Kier molecular flexibility index (Phi) is 5.03. The summed E-state index contributed by atoms with van der Waals surface area (Å²) in [4.78, 5) is 0. The zero-order valence-corrected chi connectivity index (χ0v) is 13.5. The Labute approximate surface area is 126 Å². The molecule has 0 spiro atoms. The highest BCUT2D eigenvalue weighted by Crippen LogP contribution is 2.18. The van der Waals surface area contributed by atoms with Gasteiger partial charge in [0, 0.05) is 19.1 Å². The summed E-state index contributed by atoms with van der Waals surface area (Å²) < 4.78 is 51.2. The van der Waals surface area contributed by atoms with Crippen molar-refractivity contribution in [1.82, 2.24) is 9.03 Å². The monoisotopic (exact) mass is 332 g/mol. The van der Waals surface area contributed by atoms with Gasteiger partial charge in [0.25, 0.3) is 0 Å². The Morgan fingerprint density at radius 2 is 1.86 bits per heavy atom. The van der Waals surface area contributed by atoms with Crippen LogP contribution in [0.2, 0.25) is 0 Å². The van der Waals surface area contributed by atoms with E-state index in [0.717, 1.165) is 11.8 Å². The maximum atomic E-state index is 12.4. The first-order valence-electron chi connectivity index (χ1n) is 6.75. The maximum absolute atomic E-state index is 12.4. The normalized spacial score (nSPS) is 21.3. The quantitative estimate of drug-likeness (QED) is 0.852. The van der Waals surface area contributed by atoms with E-state index in [-0.39, 0.29) is 18.3 Å². The van der Waals surface area contributed by atoms with E-state index < -0.39 is 20.0 Å². The number of rotatable bonds is 5. The molecule has 1 aromatic rings. The Morgan fingerprint density at radius 1 is 1.19 bits per heavy atom. The number of benzene rings is 1. The second kappa shape index (κ2) is 6.43. The highest BCUT2D eigenvalue weighted by molar-refractivity contribution is 7.89. The van der Waals surface area contributed by atoms with Crippen LogP contribution in [-0.2, 0) is 25.8 Å². The average molecular weight is 332 g/mol. The molecule has 1 saturated heterocycles. The first kappa shape index (κ1) is 16.4. The molecular weight excluding hydrogens is 312 g/mol. The summed E-state index contributed by atoms with van der Waals surface area (Å²) in [6, 6.07) is 8.63. The number of nitrogens with one attached hydrogen (secondary N) is 1. The van der Waals surface area contributed by atoms with Crippen molar-refractivity contribution >= 4 is 20.0 Å². The highest BCUT2D eigenvalue weighted by Gasteiger charge is 2.30. The number of hydrogen-bond donors (Lipinski definition) is 1. The van der Waals surface area contributed by atoms with Crippen molar-refractivity contribution < 1.29 is 16.8 Å². The lowest BCUT2D eigenvalue weighted by molar-refractivity contribution is 0.303. The minimum atomic E-state index is -3.43. The molecule has 1 N–H and O–H groups in total. The predicted octanol–water partition coefficient (Wildman–Crippen LogP) is 0.530. The molecule has 1 unspecified atom stereocenters. The first-order valence-corrected chi connectivity index (χ1v) is 10.3. The third-order valence-electron chi connectivity index (χ3n) is 3.35. The lowest BCUT2D eigenvalue weighted by Gasteiger charge is -2.31. The molecule has 21 heavy (non-hydrogen) atoms. The highest BCUT2D eigenvalue weighted by atomic mass is 32.2. The van der Waals surface area contributed by atoms with Crippen molar-refractivity contribution in [2.45, 2.75) is 24.6 Å². The number of nitrogens with zero attached hydrogens (tertiary/aromatic N) is 1. The van der Waals surface area contributed by atoms with Gasteiger partial charge in [-0.3, -0.25) is 0 Å². The Bertz CT molecular complexity index is 671. The van der Waals surface area contributed by atoms with Gasteiger partial charge in [-0.2, -0.15) is 0 Å². The minimum absolute atomic E-state index is 0.0561. The minimum Gasteiger partial charge on any atom is -0.213 e. The summed E-state index contributed by atoms with van der Waals surface area (Å²) >= 11 is 0. The van der Waals surface area contributed by atoms with Crippen LogP contribution in [0.1, 0.15) is 18.4 Å². The van der Waals surface area contributed by atoms with E-state index >= 15 is 0 Å². The van der Waals surface area contributed by atoms with Crippen LogP contribution < -0.4 is 4.72 Å². The van der Waals surface area contributed by atoms with Gasteiger partial charge < -0.3 is 0 Å².